The van der Waals surface area contributed by atoms with Gasteiger partial charge in [-0.15, -0.1) is 0 Å². The molecule has 0 bridgehead atoms. The van der Waals surface area contributed by atoms with E-state index in [-0.39, 0.29) is 17.1 Å². The molecule has 1 saturated carbocycles. The van der Waals surface area contributed by atoms with E-state index in [1.165, 1.54) is 6.07 Å². The second kappa shape index (κ2) is 5.08. The van der Waals surface area contributed by atoms with Crippen LogP contribution in [0.1, 0.15) is 24.0 Å². The summed E-state index contributed by atoms with van der Waals surface area (Å²) in [5.41, 5.74) is 2.07. The third-order valence-corrected chi connectivity index (χ3v) is 4.92. The molecule has 0 aromatic heterocycles. The molecule has 23 heavy (non-hydrogen) atoms. The number of methoxy groups -OCH3 is 1. The molecule has 2 aromatic carbocycles. The van der Waals surface area contributed by atoms with Crippen molar-refractivity contribution in [3.63, 3.8) is 0 Å². The zero-order valence-corrected chi connectivity index (χ0v) is 13.0. The number of ether oxygens (including phenoxy) is 1. The highest BCUT2D eigenvalue weighted by molar-refractivity contribution is 6.02. The van der Waals surface area contributed by atoms with Gasteiger partial charge in [0.2, 0.25) is 5.91 Å². The molecule has 0 atom stereocenters. The van der Waals surface area contributed by atoms with Crippen molar-refractivity contribution in [2.45, 2.75) is 25.8 Å². The smallest absolute Gasteiger partial charge is 0.233 e. The topological polar surface area (TPSA) is 29.5 Å². The Morgan fingerprint density at radius 2 is 1.91 bits per heavy atom. The van der Waals surface area contributed by atoms with Crippen molar-refractivity contribution < 1.29 is 13.9 Å². The van der Waals surface area contributed by atoms with Crippen LogP contribution in [-0.4, -0.2) is 13.0 Å². The molecular weight excluding hydrogens is 293 g/mol. The summed E-state index contributed by atoms with van der Waals surface area (Å²) in [4.78, 5) is 14.5. The monoisotopic (exact) mass is 311 g/mol. The van der Waals surface area contributed by atoms with Crippen LogP contribution >= 0.6 is 0 Å². The van der Waals surface area contributed by atoms with E-state index in [1.807, 2.05) is 30.3 Å². The van der Waals surface area contributed by atoms with Crippen LogP contribution in [0.15, 0.2) is 42.5 Å². The lowest BCUT2D eigenvalue weighted by atomic mass is 9.88. The molecule has 4 rings (SSSR count). The Hall–Kier alpha value is -2.36. The van der Waals surface area contributed by atoms with Crippen LogP contribution in [0.25, 0.3) is 0 Å². The van der Waals surface area contributed by atoms with Gasteiger partial charge in [0.15, 0.2) is 0 Å². The summed E-state index contributed by atoms with van der Waals surface area (Å²) in [6.07, 6.45) is 2.47. The molecule has 0 unspecified atom stereocenters. The van der Waals surface area contributed by atoms with Crippen molar-refractivity contribution in [1.82, 2.24) is 0 Å². The lowest BCUT2D eigenvalue weighted by Crippen LogP contribution is -2.42. The number of amides is 1. The Labute approximate surface area is 134 Å². The van der Waals surface area contributed by atoms with Gasteiger partial charge in [-0.2, -0.15) is 0 Å². The SMILES string of the molecule is COc1ccc(CN2C(=O)C3(CC3)Cc3cccc(F)c32)cc1. The minimum Gasteiger partial charge on any atom is -0.497 e. The zero-order valence-electron chi connectivity index (χ0n) is 13.0. The van der Waals surface area contributed by atoms with Gasteiger partial charge in [0.25, 0.3) is 0 Å². The summed E-state index contributed by atoms with van der Waals surface area (Å²) in [6.45, 7) is 0.387. The number of hydrogen-bond acceptors (Lipinski definition) is 2. The fraction of sp³-hybridized carbons (Fsp3) is 0.316. The highest BCUT2D eigenvalue weighted by Crippen LogP contribution is 2.54. The van der Waals surface area contributed by atoms with Gasteiger partial charge in [-0.3, -0.25) is 4.79 Å². The number of para-hydroxylation sites is 1. The maximum Gasteiger partial charge on any atom is 0.233 e. The third-order valence-electron chi connectivity index (χ3n) is 4.92. The van der Waals surface area contributed by atoms with E-state index in [9.17, 15) is 9.18 Å². The van der Waals surface area contributed by atoms with Gasteiger partial charge in [0.05, 0.1) is 24.8 Å². The number of hydrogen-bond donors (Lipinski definition) is 0. The lowest BCUT2D eigenvalue weighted by molar-refractivity contribution is -0.124. The Morgan fingerprint density at radius 3 is 2.57 bits per heavy atom. The van der Waals surface area contributed by atoms with Crippen molar-refractivity contribution in [2.24, 2.45) is 5.41 Å². The van der Waals surface area contributed by atoms with Crippen molar-refractivity contribution in [3.05, 3.63) is 59.4 Å². The van der Waals surface area contributed by atoms with E-state index in [0.717, 1.165) is 29.7 Å². The quantitative estimate of drug-likeness (QED) is 0.865. The minimum atomic E-state index is -0.320. The predicted octanol–water partition coefficient (Wildman–Crippen LogP) is 3.70. The minimum absolute atomic E-state index is 0.0610. The Kier molecular flexibility index (Phi) is 3.15. The van der Waals surface area contributed by atoms with Gasteiger partial charge in [-0.05, 0) is 48.6 Å². The average molecular weight is 311 g/mol. The van der Waals surface area contributed by atoms with Gasteiger partial charge < -0.3 is 9.64 Å². The molecule has 0 saturated heterocycles. The molecule has 1 spiro atoms. The van der Waals surface area contributed by atoms with Gasteiger partial charge in [-0.25, -0.2) is 4.39 Å². The first-order chi connectivity index (χ1) is 11.1. The molecule has 4 heteroatoms. The molecular formula is C19H18FNO2. The van der Waals surface area contributed by atoms with Crippen LogP contribution in [0.4, 0.5) is 10.1 Å². The van der Waals surface area contributed by atoms with Crippen LogP contribution in [0.5, 0.6) is 5.75 Å². The fourth-order valence-corrected chi connectivity index (χ4v) is 3.44. The van der Waals surface area contributed by atoms with E-state index in [0.29, 0.717) is 18.7 Å². The Balaban J connectivity index is 1.72. The molecule has 1 heterocycles. The summed E-state index contributed by atoms with van der Waals surface area (Å²) in [6, 6.07) is 12.6. The number of halogens is 1. The van der Waals surface area contributed by atoms with Gasteiger partial charge in [0.1, 0.15) is 11.6 Å². The fourth-order valence-electron chi connectivity index (χ4n) is 3.44. The van der Waals surface area contributed by atoms with E-state index < -0.39 is 0 Å². The van der Waals surface area contributed by atoms with Crippen molar-refractivity contribution in [2.75, 3.05) is 12.0 Å². The molecule has 1 aliphatic carbocycles. The second-order valence-electron chi connectivity index (χ2n) is 6.44. The normalized spacial score (nSPS) is 18.0. The third kappa shape index (κ3) is 2.29. The molecule has 2 aromatic rings. The maximum absolute atomic E-state index is 14.4. The first kappa shape index (κ1) is 14.2. The molecule has 1 aliphatic heterocycles. The largest absolute Gasteiger partial charge is 0.497 e. The predicted molar refractivity (Wildman–Crippen MR) is 86.0 cm³/mol. The standard InChI is InChI=1S/C19H18FNO2/c1-23-15-7-5-13(6-8-15)12-21-17-14(3-2-4-16(17)20)11-19(9-10-19)18(21)22/h2-8H,9-12H2,1H3. The maximum atomic E-state index is 14.4. The average Bonchev–Trinajstić information content (AvgIpc) is 3.33. The van der Waals surface area contributed by atoms with Crippen LogP contribution in [0, 0.1) is 11.2 Å². The number of rotatable bonds is 3. The van der Waals surface area contributed by atoms with Crippen molar-refractivity contribution in [3.8, 4) is 5.75 Å². The second-order valence-corrected chi connectivity index (χ2v) is 6.44. The molecule has 1 fully saturated rings. The molecule has 0 radical (unpaired) electrons. The number of anilines is 1. The molecule has 3 nitrogen and oxygen atoms in total. The van der Waals surface area contributed by atoms with Crippen LogP contribution in [-0.2, 0) is 17.8 Å². The van der Waals surface area contributed by atoms with E-state index >= 15 is 0 Å². The van der Waals surface area contributed by atoms with E-state index in [4.69, 9.17) is 4.74 Å². The summed E-state index contributed by atoms with van der Waals surface area (Å²) < 4.78 is 19.5. The van der Waals surface area contributed by atoms with Crippen LogP contribution in [0.3, 0.4) is 0 Å². The number of carbonyl (C=O) groups is 1. The summed E-state index contributed by atoms with van der Waals surface area (Å²) in [5.74, 6) is 0.509. The molecule has 1 amide bonds. The molecule has 2 aliphatic rings. The van der Waals surface area contributed by atoms with Crippen LogP contribution < -0.4 is 9.64 Å². The van der Waals surface area contributed by atoms with Crippen LogP contribution in [0.2, 0.25) is 0 Å². The number of carbonyl (C=O) groups excluding carboxylic acids is 1. The van der Waals surface area contributed by atoms with Gasteiger partial charge in [0, 0.05) is 0 Å². The van der Waals surface area contributed by atoms with Crippen molar-refractivity contribution >= 4 is 11.6 Å². The van der Waals surface area contributed by atoms with E-state index in [1.54, 1.807) is 18.1 Å². The van der Waals surface area contributed by atoms with Gasteiger partial charge in [-0.1, -0.05) is 24.3 Å². The van der Waals surface area contributed by atoms with Crippen molar-refractivity contribution in [1.29, 1.82) is 0 Å². The summed E-state index contributed by atoms with van der Waals surface area (Å²) >= 11 is 0. The Morgan fingerprint density at radius 1 is 1.17 bits per heavy atom. The molecule has 0 N–H and O–H groups in total. The highest BCUT2D eigenvalue weighted by Gasteiger charge is 2.55. The number of nitrogens with zero attached hydrogens (tertiary/aromatic N) is 1. The number of benzene rings is 2. The summed E-state index contributed by atoms with van der Waals surface area (Å²) in [7, 11) is 1.62. The van der Waals surface area contributed by atoms with Gasteiger partial charge >= 0.3 is 0 Å². The van der Waals surface area contributed by atoms with E-state index in [2.05, 4.69) is 0 Å². The zero-order chi connectivity index (χ0) is 16.0. The first-order valence-electron chi connectivity index (χ1n) is 7.85. The Bertz CT molecular complexity index is 765. The number of fused-ring (bicyclic) bond motifs is 1. The molecule has 118 valence electrons. The highest BCUT2D eigenvalue weighted by atomic mass is 19.1. The first-order valence-corrected chi connectivity index (χ1v) is 7.85. The summed E-state index contributed by atoms with van der Waals surface area (Å²) in [5, 5.41) is 0. The lowest BCUT2D eigenvalue weighted by Gasteiger charge is -2.34.